The molecule has 5 heteroatoms. The maximum atomic E-state index is 14.9. The van der Waals surface area contributed by atoms with E-state index in [1.165, 1.54) is 0 Å². The van der Waals surface area contributed by atoms with Crippen LogP contribution in [-0.4, -0.2) is 38.2 Å². The van der Waals surface area contributed by atoms with Crippen LogP contribution in [0, 0.1) is 5.82 Å². The first-order chi connectivity index (χ1) is 11.8. The van der Waals surface area contributed by atoms with E-state index < -0.39 is 0 Å². The summed E-state index contributed by atoms with van der Waals surface area (Å²) in [5.74, 6) is 0.506. The van der Waals surface area contributed by atoms with Crippen LogP contribution in [0.25, 0.3) is 0 Å². The maximum absolute atomic E-state index is 14.9. The van der Waals surface area contributed by atoms with Crippen LogP contribution in [-0.2, 0) is 13.2 Å². The summed E-state index contributed by atoms with van der Waals surface area (Å²) in [6, 6.07) is 13.2. The second-order valence-corrected chi connectivity index (χ2v) is 5.86. The molecular weight excluding hydrogens is 307 g/mol. The predicted molar refractivity (Wildman–Crippen MR) is 91.9 cm³/mol. The molecule has 1 aliphatic heterocycles. The molecule has 0 spiro atoms. The first-order valence-corrected chi connectivity index (χ1v) is 8.23. The van der Waals surface area contributed by atoms with Gasteiger partial charge < -0.3 is 14.8 Å². The summed E-state index contributed by atoms with van der Waals surface area (Å²) >= 11 is 0. The Hall–Kier alpha value is -2.11. The number of hydrogen-bond acceptors (Lipinski definition) is 4. The van der Waals surface area contributed by atoms with E-state index in [4.69, 9.17) is 9.47 Å². The van der Waals surface area contributed by atoms with E-state index in [-0.39, 0.29) is 11.6 Å². The van der Waals surface area contributed by atoms with Crippen molar-refractivity contribution in [3.63, 3.8) is 0 Å². The van der Waals surface area contributed by atoms with Crippen LogP contribution in [0.15, 0.2) is 42.5 Å². The van der Waals surface area contributed by atoms with Crippen LogP contribution in [0.3, 0.4) is 0 Å². The Kier molecular flexibility index (Phi) is 5.67. The lowest BCUT2D eigenvalue weighted by atomic mass is 10.1. The van der Waals surface area contributed by atoms with Gasteiger partial charge in [-0.3, -0.25) is 4.90 Å². The highest BCUT2D eigenvalue weighted by atomic mass is 19.1. The van der Waals surface area contributed by atoms with Crippen LogP contribution >= 0.6 is 0 Å². The van der Waals surface area contributed by atoms with Gasteiger partial charge in [-0.15, -0.1) is 0 Å². The summed E-state index contributed by atoms with van der Waals surface area (Å²) in [4.78, 5) is 2.22. The second-order valence-electron chi connectivity index (χ2n) is 5.86. The normalized spacial score (nSPS) is 15.2. The number of nitrogens with zero attached hydrogens (tertiary/aromatic N) is 1. The number of halogens is 1. The molecule has 4 nitrogen and oxygen atoms in total. The van der Waals surface area contributed by atoms with Crippen molar-refractivity contribution in [1.29, 1.82) is 0 Å². The van der Waals surface area contributed by atoms with Gasteiger partial charge >= 0.3 is 0 Å². The fourth-order valence-electron chi connectivity index (χ4n) is 2.86. The molecule has 0 amide bonds. The Balaban J connectivity index is 1.76. The topological polar surface area (TPSA) is 33.7 Å². The largest absolute Gasteiger partial charge is 0.496 e. The van der Waals surface area contributed by atoms with Crippen molar-refractivity contribution in [3.05, 3.63) is 59.4 Å². The Labute approximate surface area is 142 Å². The summed E-state index contributed by atoms with van der Waals surface area (Å²) in [5, 5.41) is 3.30. The van der Waals surface area contributed by atoms with Crippen molar-refractivity contribution in [2.45, 2.75) is 13.2 Å². The quantitative estimate of drug-likeness (QED) is 0.883. The van der Waals surface area contributed by atoms with Crippen LogP contribution < -0.4 is 14.8 Å². The summed E-state index contributed by atoms with van der Waals surface area (Å²) in [6.45, 7) is 4.52. The molecule has 2 aromatic rings. The lowest BCUT2D eigenvalue weighted by molar-refractivity contribution is 0.224. The Bertz CT molecular complexity index is 658. The standard InChI is InChI=1S/C19H23FN2O2/c1-23-17-7-8-18(24-14-15-5-3-2-4-6-15)19(20)16(17)13-22-11-9-21-10-12-22/h2-8,21H,9-14H2,1H3. The second kappa shape index (κ2) is 8.13. The molecule has 1 fully saturated rings. The van der Waals surface area contributed by atoms with Crippen molar-refractivity contribution in [3.8, 4) is 11.5 Å². The van der Waals surface area contributed by atoms with Gasteiger partial charge in [0.05, 0.1) is 7.11 Å². The molecule has 0 saturated carbocycles. The van der Waals surface area contributed by atoms with E-state index >= 15 is 0 Å². The molecular formula is C19H23FN2O2. The number of ether oxygens (including phenoxy) is 2. The van der Waals surface area contributed by atoms with Crippen molar-refractivity contribution in [2.75, 3.05) is 33.3 Å². The average molecular weight is 330 g/mol. The molecule has 1 heterocycles. The molecule has 128 valence electrons. The highest BCUT2D eigenvalue weighted by Crippen LogP contribution is 2.30. The SMILES string of the molecule is COc1ccc(OCc2ccccc2)c(F)c1CN1CCNCC1. The van der Waals surface area contributed by atoms with Crippen LogP contribution in [0.1, 0.15) is 11.1 Å². The van der Waals surface area contributed by atoms with Crippen molar-refractivity contribution in [1.82, 2.24) is 10.2 Å². The minimum absolute atomic E-state index is 0.268. The van der Waals surface area contributed by atoms with E-state index in [1.54, 1.807) is 19.2 Å². The molecule has 1 aliphatic rings. The zero-order chi connectivity index (χ0) is 16.8. The Morgan fingerprint density at radius 3 is 2.46 bits per heavy atom. The highest BCUT2D eigenvalue weighted by molar-refractivity contribution is 5.42. The zero-order valence-electron chi connectivity index (χ0n) is 13.9. The summed E-state index contributed by atoms with van der Waals surface area (Å²) < 4.78 is 26.0. The van der Waals surface area contributed by atoms with Crippen LogP contribution in [0.5, 0.6) is 11.5 Å². The number of methoxy groups -OCH3 is 1. The van der Waals surface area contributed by atoms with Crippen LogP contribution in [0.4, 0.5) is 4.39 Å². The molecule has 3 rings (SSSR count). The van der Waals surface area contributed by atoms with Gasteiger partial charge in [-0.25, -0.2) is 4.39 Å². The average Bonchev–Trinajstić information content (AvgIpc) is 2.64. The maximum Gasteiger partial charge on any atom is 0.173 e. The van der Waals surface area contributed by atoms with Gasteiger partial charge in [0.25, 0.3) is 0 Å². The third kappa shape index (κ3) is 4.04. The molecule has 2 aromatic carbocycles. The lowest BCUT2D eigenvalue weighted by Gasteiger charge is -2.28. The Morgan fingerprint density at radius 2 is 1.75 bits per heavy atom. The van der Waals surface area contributed by atoms with E-state index in [0.717, 1.165) is 31.7 Å². The van der Waals surface area contributed by atoms with Gasteiger partial charge in [-0.2, -0.15) is 0 Å². The van der Waals surface area contributed by atoms with Gasteiger partial charge in [0.2, 0.25) is 0 Å². The van der Waals surface area contributed by atoms with Gasteiger partial charge in [0.15, 0.2) is 11.6 Å². The van der Waals surface area contributed by atoms with E-state index in [2.05, 4.69) is 10.2 Å². The third-order valence-electron chi connectivity index (χ3n) is 4.21. The molecule has 1 saturated heterocycles. The fourth-order valence-corrected chi connectivity index (χ4v) is 2.86. The Morgan fingerprint density at radius 1 is 1.04 bits per heavy atom. The fraction of sp³-hybridized carbons (Fsp3) is 0.368. The molecule has 1 N–H and O–H groups in total. The van der Waals surface area contributed by atoms with Crippen LogP contribution in [0.2, 0.25) is 0 Å². The molecule has 0 atom stereocenters. The van der Waals surface area contributed by atoms with E-state index in [1.807, 2.05) is 30.3 Å². The van der Waals surface area contributed by atoms with E-state index in [0.29, 0.717) is 24.5 Å². The molecule has 0 radical (unpaired) electrons. The van der Waals surface area contributed by atoms with Crippen molar-refractivity contribution >= 4 is 0 Å². The smallest absolute Gasteiger partial charge is 0.173 e. The molecule has 24 heavy (non-hydrogen) atoms. The van der Waals surface area contributed by atoms with Crippen molar-refractivity contribution < 1.29 is 13.9 Å². The minimum atomic E-state index is -0.330. The molecule has 0 bridgehead atoms. The van der Waals surface area contributed by atoms with Gasteiger partial charge in [-0.05, 0) is 17.7 Å². The number of rotatable bonds is 6. The predicted octanol–water partition coefficient (Wildman–Crippen LogP) is 2.82. The summed E-state index contributed by atoms with van der Waals surface area (Å²) in [7, 11) is 1.57. The van der Waals surface area contributed by atoms with Gasteiger partial charge in [-0.1, -0.05) is 30.3 Å². The first kappa shape index (κ1) is 16.7. The van der Waals surface area contributed by atoms with Gasteiger partial charge in [0.1, 0.15) is 12.4 Å². The monoisotopic (exact) mass is 330 g/mol. The minimum Gasteiger partial charge on any atom is -0.496 e. The number of benzene rings is 2. The summed E-state index contributed by atoms with van der Waals surface area (Å²) in [6.07, 6.45) is 0. The van der Waals surface area contributed by atoms with Gasteiger partial charge in [0, 0.05) is 38.3 Å². The van der Waals surface area contributed by atoms with Crippen molar-refractivity contribution in [2.24, 2.45) is 0 Å². The number of hydrogen-bond donors (Lipinski definition) is 1. The molecule has 0 aromatic heterocycles. The summed E-state index contributed by atoms with van der Waals surface area (Å²) in [5.41, 5.74) is 1.57. The zero-order valence-corrected chi connectivity index (χ0v) is 13.9. The number of nitrogens with one attached hydrogen (secondary N) is 1. The third-order valence-corrected chi connectivity index (χ3v) is 4.21. The first-order valence-electron chi connectivity index (χ1n) is 8.23. The highest BCUT2D eigenvalue weighted by Gasteiger charge is 2.19. The number of piperazine rings is 1. The van der Waals surface area contributed by atoms with E-state index in [9.17, 15) is 4.39 Å². The molecule has 0 unspecified atom stereocenters. The molecule has 0 aliphatic carbocycles. The lowest BCUT2D eigenvalue weighted by Crippen LogP contribution is -2.43.